The van der Waals surface area contributed by atoms with Crippen LogP contribution in [0.3, 0.4) is 0 Å². The van der Waals surface area contributed by atoms with E-state index in [4.69, 9.17) is 5.11 Å². The molecular weight excluding hydrogens is 305 g/mol. The van der Waals surface area contributed by atoms with Crippen molar-refractivity contribution in [2.45, 2.75) is 12.6 Å². The summed E-state index contributed by atoms with van der Waals surface area (Å²) < 4.78 is 41.2. The lowest BCUT2D eigenvalue weighted by Gasteiger charge is -2.18. The van der Waals surface area contributed by atoms with Crippen molar-refractivity contribution in [3.05, 3.63) is 23.9 Å². The number of ether oxygens (including phenoxy) is 1. The van der Waals surface area contributed by atoms with Crippen LogP contribution in [0.5, 0.6) is 5.88 Å². The molecule has 0 saturated carbocycles. The molecule has 0 unspecified atom stereocenters. The standard InChI is InChI=1S/C13H13F3N2O4/c14-13(15,16)7-22-10-9(2-1-4-17-10)11(19)18-5-3-8(6-18)12(20)21/h1-2,4,8H,3,5-7H2,(H,20,21)/t8-/m0/s1. The fourth-order valence-corrected chi connectivity index (χ4v) is 2.14. The molecule has 2 rings (SSSR count). The number of carboxylic acid groups (broad SMARTS) is 1. The number of aromatic nitrogens is 1. The van der Waals surface area contributed by atoms with Crippen LogP contribution in [-0.4, -0.2) is 52.7 Å². The Morgan fingerprint density at radius 1 is 1.45 bits per heavy atom. The molecule has 1 amide bonds. The number of aliphatic carboxylic acids is 1. The first-order valence-corrected chi connectivity index (χ1v) is 6.44. The Labute approximate surface area is 123 Å². The van der Waals surface area contributed by atoms with Gasteiger partial charge in [-0.25, -0.2) is 4.98 Å². The second-order valence-electron chi connectivity index (χ2n) is 4.83. The van der Waals surface area contributed by atoms with Gasteiger partial charge in [-0.15, -0.1) is 0 Å². The van der Waals surface area contributed by atoms with E-state index in [2.05, 4.69) is 9.72 Å². The third-order valence-electron chi connectivity index (χ3n) is 3.20. The number of pyridine rings is 1. The molecule has 0 radical (unpaired) electrons. The maximum Gasteiger partial charge on any atom is 0.422 e. The molecule has 120 valence electrons. The van der Waals surface area contributed by atoms with Gasteiger partial charge in [-0.3, -0.25) is 9.59 Å². The molecule has 1 atom stereocenters. The first-order valence-electron chi connectivity index (χ1n) is 6.44. The third-order valence-corrected chi connectivity index (χ3v) is 3.20. The van der Waals surface area contributed by atoms with Crippen LogP contribution in [0.1, 0.15) is 16.8 Å². The Morgan fingerprint density at radius 2 is 2.18 bits per heavy atom. The van der Waals surface area contributed by atoms with Gasteiger partial charge in [-0.1, -0.05) is 0 Å². The summed E-state index contributed by atoms with van der Waals surface area (Å²) in [6, 6.07) is 2.70. The highest BCUT2D eigenvalue weighted by Crippen LogP contribution is 2.24. The van der Waals surface area contributed by atoms with E-state index in [1.165, 1.54) is 23.2 Å². The maximum atomic E-state index is 12.3. The molecular formula is C13H13F3N2O4. The minimum Gasteiger partial charge on any atom is -0.481 e. The average Bonchev–Trinajstić information content (AvgIpc) is 2.94. The molecule has 0 aromatic carbocycles. The van der Waals surface area contributed by atoms with Gasteiger partial charge in [0.05, 0.1) is 5.92 Å². The van der Waals surface area contributed by atoms with Crippen LogP contribution in [0.15, 0.2) is 18.3 Å². The van der Waals surface area contributed by atoms with E-state index in [0.29, 0.717) is 6.42 Å². The number of likely N-dealkylation sites (tertiary alicyclic amines) is 1. The molecule has 0 bridgehead atoms. The number of hydrogen-bond donors (Lipinski definition) is 1. The third kappa shape index (κ3) is 3.86. The lowest BCUT2D eigenvalue weighted by atomic mass is 10.1. The van der Waals surface area contributed by atoms with E-state index < -0.39 is 36.5 Å². The zero-order valence-electron chi connectivity index (χ0n) is 11.3. The topological polar surface area (TPSA) is 79.7 Å². The molecule has 1 aliphatic heterocycles. The van der Waals surface area contributed by atoms with Crippen LogP contribution in [0.4, 0.5) is 13.2 Å². The Kier molecular flexibility index (Phi) is 4.53. The van der Waals surface area contributed by atoms with Gasteiger partial charge in [0.25, 0.3) is 5.91 Å². The molecule has 1 aliphatic rings. The van der Waals surface area contributed by atoms with Crippen molar-refractivity contribution < 1.29 is 32.6 Å². The predicted octanol–water partition coefficient (Wildman–Crippen LogP) is 1.57. The largest absolute Gasteiger partial charge is 0.481 e. The molecule has 22 heavy (non-hydrogen) atoms. The molecule has 6 nitrogen and oxygen atoms in total. The van der Waals surface area contributed by atoms with Crippen molar-refractivity contribution in [3.63, 3.8) is 0 Å². The Morgan fingerprint density at radius 3 is 2.77 bits per heavy atom. The number of halogens is 3. The van der Waals surface area contributed by atoms with Crippen molar-refractivity contribution in [2.24, 2.45) is 5.92 Å². The van der Waals surface area contributed by atoms with Gasteiger partial charge >= 0.3 is 12.1 Å². The van der Waals surface area contributed by atoms with Crippen LogP contribution in [0.2, 0.25) is 0 Å². The van der Waals surface area contributed by atoms with Crippen LogP contribution in [-0.2, 0) is 4.79 Å². The number of hydrogen-bond acceptors (Lipinski definition) is 4. The number of nitrogens with zero attached hydrogens (tertiary/aromatic N) is 2. The zero-order valence-corrected chi connectivity index (χ0v) is 11.3. The summed E-state index contributed by atoms with van der Waals surface area (Å²) in [7, 11) is 0. The lowest BCUT2D eigenvalue weighted by molar-refractivity contribution is -0.154. The second-order valence-corrected chi connectivity index (χ2v) is 4.83. The van der Waals surface area contributed by atoms with Gasteiger partial charge in [-0.2, -0.15) is 13.2 Å². The summed E-state index contributed by atoms with van der Waals surface area (Å²) in [5.41, 5.74) is -0.113. The number of carbonyl (C=O) groups is 2. The number of carbonyl (C=O) groups excluding carboxylic acids is 1. The number of carboxylic acids is 1. The lowest BCUT2D eigenvalue weighted by Crippen LogP contribution is -2.31. The van der Waals surface area contributed by atoms with Crippen molar-refractivity contribution in [2.75, 3.05) is 19.7 Å². The predicted molar refractivity (Wildman–Crippen MR) is 67.4 cm³/mol. The van der Waals surface area contributed by atoms with E-state index in [1.54, 1.807) is 0 Å². The van der Waals surface area contributed by atoms with Crippen molar-refractivity contribution in [3.8, 4) is 5.88 Å². The van der Waals surface area contributed by atoms with Gasteiger partial charge in [-0.05, 0) is 18.6 Å². The fraction of sp³-hybridized carbons (Fsp3) is 0.462. The summed E-state index contributed by atoms with van der Waals surface area (Å²) in [5.74, 6) is -2.67. The average molecular weight is 318 g/mol. The summed E-state index contributed by atoms with van der Waals surface area (Å²) in [5, 5.41) is 8.91. The Hall–Kier alpha value is -2.32. The van der Waals surface area contributed by atoms with Crippen molar-refractivity contribution >= 4 is 11.9 Å². The number of amides is 1. The van der Waals surface area contributed by atoms with Gasteiger partial charge in [0.2, 0.25) is 5.88 Å². The van der Waals surface area contributed by atoms with Gasteiger partial charge in [0.1, 0.15) is 5.56 Å². The van der Waals surface area contributed by atoms with E-state index in [-0.39, 0.29) is 18.7 Å². The first-order chi connectivity index (χ1) is 10.3. The maximum absolute atomic E-state index is 12.3. The van der Waals surface area contributed by atoms with E-state index in [1.807, 2.05) is 0 Å². The molecule has 2 heterocycles. The summed E-state index contributed by atoms with van der Waals surface area (Å²) in [6.07, 6.45) is -3.02. The highest BCUT2D eigenvalue weighted by Gasteiger charge is 2.33. The van der Waals surface area contributed by atoms with Crippen LogP contribution in [0, 0.1) is 5.92 Å². The smallest absolute Gasteiger partial charge is 0.422 e. The van der Waals surface area contributed by atoms with Crippen LogP contribution < -0.4 is 4.74 Å². The van der Waals surface area contributed by atoms with Crippen molar-refractivity contribution in [1.29, 1.82) is 0 Å². The molecule has 9 heteroatoms. The van der Waals surface area contributed by atoms with Crippen LogP contribution in [0.25, 0.3) is 0 Å². The molecule has 1 N–H and O–H groups in total. The normalized spacial score (nSPS) is 18.3. The molecule has 1 saturated heterocycles. The SMILES string of the molecule is O=C(O)[C@H]1CCN(C(=O)c2cccnc2OCC(F)(F)F)C1. The molecule has 1 aromatic heterocycles. The number of alkyl halides is 3. The van der Waals surface area contributed by atoms with Gasteiger partial charge in [0, 0.05) is 19.3 Å². The van der Waals surface area contributed by atoms with Gasteiger partial charge in [0.15, 0.2) is 6.61 Å². The molecule has 1 aromatic rings. The fourth-order valence-electron chi connectivity index (χ4n) is 2.14. The molecule has 0 aliphatic carbocycles. The minimum absolute atomic E-state index is 0.0156. The number of rotatable bonds is 4. The highest BCUT2D eigenvalue weighted by atomic mass is 19.4. The first kappa shape index (κ1) is 16.1. The van der Waals surface area contributed by atoms with E-state index >= 15 is 0 Å². The zero-order chi connectivity index (χ0) is 16.3. The monoisotopic (exact) mass is 318 g/mol. The highest BCUT2D eigenvalue weighted by molar-refractivity contribution is 5.96. The summed E-state index contributed by atoms with van der Waals surface area (Å²) in [4.78, 5) is 28.1. The molecule has 1 fully saturated rings. The summed E-state index contributed by atoms with van der Waals surface area (Å²) in [6.45, 7) is -1.31. The summed E-state index contributed by atoms with van der Waals surface area (Å²) >= 11 is 0. The van der Waals surface area contributed by atoms with E-state index in [9.17, 15) is 22.8 Å². The Balaban J connectivity index is 2.12. The second kappa shape index (κ2) is 6.20. The Bertz CT molecular complexity index is 577. The van der Waals surface area contributed by atoms with Gasteiger partial charge < -0.3 is 14.7 Å². The quantitative estimate of drug-likeness (QED) is 0.911. The minimum atomic E-state index is -4.54. The van der Waals surface area contributed by atoms with Crippen LogP contribution >= 0.6 is 0 Å². The van der Waals surface area contributed by atoms with E-state index in [0.717, 1.165) is 0 Å². The van der Waals surface area contributed by atoms with Crippen molar-refractivity contribution in [1.82, 2.24) is 9.88 Å². The molecule has 0 spiro atoms.